The average molecular weight is 212 g/mol. The van der Waals surface area contributed by atoms with Crippen molar-refractivity contribution in [1.82, 2.24) is 9.55 Å². The first kappa shape index (κ1) is 9.64. The molecule has 1 aromatic heterocycles. The summed E-state index contributed by atoms with van der Waals surface area (Å²) in [5.41, 5.74) is 2.33. The molecular weight excluding hydrogens is 196 g/mol. The number of aromatic nitrogens is 2. The summed E-state index contributed by atoms with van der Waals surface area (Å²) in [6.45, 7) is 3.20. The lowest BCUT2D eigenvalue weighted by Gasteiger charge is -2.06. The molecule has 1 aliphatic carbocycles. The van der Waals surface area contributed by atoms with E-state index < -0.39 is 0 Å². The molecule has 1 fully saturated rings. The molecule has 0 amide bonds. The van der Waals surface area contributed by atoms with Gasteiger partial charge in [-0.3, -0.25) is 0 Å². The first-order valence-corrected chi connectivity index (χ1v) is 5.92. The van der Waals surface area contributed by atoms with Crippen LogP contribution in [0.1, 0.15) is 18.5 Å². The third kappa shape index (κ3) is 1.87. The van der Waals surface area contributed by atoms with E-state index in [1.165, 1.54) is 18.4 Å². The van der Waals surface area contributed by atoms with Gasteiger partial charge in [0, 0.05) is 18.3 Å². The Bertz CT molecular complexity index is 481. The maximum absolute atomic E-state index is 4.62. The van der Waals surface area contributed by atoms with Gasteiger partial charge in [0.1, 0.15) is 5.82 Å². The topological polar surface area (TPSA) is 17.8 Å². The van der Waals surface area contributed by atoms with Gasteiger partial charge in [-0.05, 0) is 25.7 Å². The molecule has 0 aliphatic heterocycles. The van der Waals surface area contributed by atoms with E-state index in [1.807, 2.05) is 6.07 Å². The van der Waals surface area contributed by atoms with Gasteiger partial charge in [0.15, 0.2) is 0 Å². The van der Waals surface area contributed by atoms with E-state index in [4.69, 9.17) is 0 Å². The largest absolute Gasteiger partial charge is 0.330 e. The normalized spacial score (nSPS) is 15.3. The number of aryl methyl sites for hydroxylation is 1. The fourth-order valence-corrected chi connectivity index (χ4v) is 2.08. The van der Waals surface area contributed by atoms with Gasteiger partial charge in [-0.2, -0.15) is 0 Å². The number of hydrogen-bond donors (Lipinski definition) is 0. The number of nitrogens with zero attached hydrogens (tertiary/aromatic N) is 2. The zero-order valence-electron chi connectivity index (χ0n) is 9.56. The summed E-state index contributed by atoms with van der Waals surface area (Å²) in [6, 6.07) is 10.4. The molecular formula is C14H16N2. The van der Waals surface area contributed by atoms with E-state index in [2.05, 4.69) is 46.9 Å². The van der Waals surface area contributed by atoms with Gasteiger partial charge in [0.05, 0.1) is 5.69 Å². The maximum atomic E-state index is 4.62. The zero-order chi connectivity index (χ0) is 11.0. The predicted octanol–water partition coefficient (Wildman–Crippen LogP) is 3.27. The number of rotatable bonds is 3. The van der Waals surface area contributed by atoms with Crippen LogP contribution in [0, 0.1) is 12.8 Å². The summed E-state index contributed by atoms with van der Waals surface area (Å²) in [7, 11) is 0. The van der Waals surface area contributed by atoms with Crippen molar-refractivity contribution in [1.29, 1.82) is 0 Å². The Morgan fingerprint density at radius 2 is 2.00 bits per heavy atom. The fourth-order valence-electron chi connectivity index (χ4n) is 2.08. The summed E-state index contributed by atoms with van der Waals surface area (Å²) in [5, 5.41) is 0. The van der Waals surface area contributed by atoms with Crippen molar-refractivity contribution in [3.05, 3.63) is 42.2 Å². The fraction of sp³-hybridized carbons (Fsp3) is 0.357. The van der Waals surface area contributed by atoms with Crippen LogP contribution >= 0.6 is 0 Å². The summed E-state index contributed by atoms with van der Waals surface area (Å²) in [4.78, 5) is 4.62. The van der Waals surface area contributed by atoms with Crippen molar-refractivity contribution in [2.75, 3.05) is 0 Å². The van der Waals surface area contributed by atoms with Crippen molar-refractivity contribution in [2.24, 2.45) is 5.92 Å². The Labute approximate surface area is 95.9 Å². The molecule has 1 saturated carbocycles. The highest BCUT2D eigenvalue weighted by atomic mass is 15.1. The molecule has 2 heteroatoms. The van der Waals surface area contributed by atoms with Gasteiger partial charge >= 0.3 is 0 Å². The van der Waals surface area contributed by atoms with Crippen LogP contribution in [-0.2, 0) is 6.54 Å². The molecule has 0 atom stereocenters. The van der Waals surface area contributed by atoms with Crippen molar-refractivity contribution in [2.45, 2.75) is 26.3 Å². The predicted molar refractivity (Wildman–Crippen MR) is 65.1 cm³/mol. The lowest BCUT2D eigenvalue weighted by Crippen LogP contribution is -2.00. The second-order valence-corrected chi connectivity index (χ2v) is 4.67. The van der Waals surface area contributed by atoms with Gasteiger partial charge in [-0.15, -0.1) is 0 Å². The van der Waals surface area contributed by atoms with Crippen LogP contribution in [0.25, 0.3) is 11.4 Å². The van der Waals surface area contributed by atoms with Crippen LogP contribution in [0.2, 0.25) is 0 Å². The quantitative estimate of drug-likeness (QED) is 0.763. The highest BCUT2D eigenvalue weighted by Crippen LogP contribution is 2.32. The molecule has 0 saturated heterocycles. The molecule has 0 unspecified atom stereocenters. The summed E-state index contributed by atoms with van der Waals surface area (Å²) < 4.78 is 2.31. The molecule has 2 nitrogen and oxygen atoms in total. The van der Waals surface area contributed by atoms with Crippen LogP contribution < -0.4 is 0 Å². The van der Waals surface area contributed by atoms with E-state index in [9.17, 15) is 0 Å². The lowest BCUT2D eigenvalue weighted by atomic mass is 10.2. The van der Waals surface area contributed by atoms with Crippen LogP contribution in [0.3, 0.4) is 0 Å². The Balaban J connectivity index is 1.98. The second kappa shape index (κ2) is 3.78. The number of imidazole rings is 1. The standard InChI is InChI=1S/C14H16N2/c1-11-9-16(10-12-7-8-12)14(15-11)13-5-3-2-4-6-13/h2-6,9,12H,7-8,10H2,1H3. The Morgan fingerprint density at radius 1 is 1.25 bits per heavy atom. The van der Waals surface area contributed by atoms with E-state index in [1.54, 1.807) is 0 Å². The van der Waals surface area contributed by atoms with Crippen molar-refractivity contribution < 1.29 is 0 Å². The molecule has 2 aromatic rings. The minimum Gasteiger partial charge on any atom is -0.330 e. The van der Waals surface area contributed by atoms with Crippen molar-refractivity contribution >= 4 is 0 Å². The van der Waals surface area contributed by atoms with Crippen molar-refractivity contribution in [3.8, 4) is 11.4 Å². The van der Waals surface area contributed by atoms with E-state index >= 15 is 0 Å². The number of benzene rings is 1. The zero-order valence-corrected chi connectivity index (χ0v) is 9.56. The molecule has 1 aliphatic rings. The molecule has 16 heavy (non-hydrogen) atoms. The maximum Gasteiger partial charge on any atom is 0.140 e. The van der Waals surface area contributed by atoms with Crippen LogP contribution in [0.5, 0.6) is 0 Å². The van der Waals surface area contributed by atoms with Gasteiger partial charge < -0.3 is 4.57 Å². The molecule has 1 heterocycles. The van der Waals surface area contributed by atoms with Crippen LogP contribution in [-0.4, -0.2) is 9.55 Å². The lowest BCUT2D eigenvalue weighted by molar-refractivity contribution is 0.632. The highest BCUT2D eigenvalue weighted by Gasteiger charge is 2.23. The molecule has 3 rings (SSSR count). The van der Waals surface area contributed by atoms with Crippen molar-refractivity contribution in [3.63, 3.8) is 0 Å². The second-order valence-electron chi connectivity index (χ2n) is 4.67. The molecule has 0 radical (unpaired) electrons. The Kier molecular flexibility index (Phi) is 2.28. The molecule has 82 valence electrons. The van der Waals surface area contributed by atoms with Crippen LogP contribution in [0.15, 0.2) is 36.5 Å². The summed E-state index contributed by atoms with van der Waals surface area (Å²) in [6.07, 6.45) is 4.93. The van der Waals surface area contributed by atoms with E-state index in [-0.39, 0.29) is 0 Å². The minimum absolute atomic E-state index is 0.885. The van der Waals surface area contributed by atoms with Gasteiger partial charge in [0.25, 0.3) is 0 Å². The van der Waals surface area contributed by atoms with E-state index in [0.29, 0.717) is 0 Å². The molecule has 0 spiro atoms. The molecule has 1 aromatic carbocycles. The highest BCUT2D eigenvalue weighted by molar-refractivity contribution is 5.55. The first-order valence-electron chi connectivity index (χ1n) is 5.92. The van der Waals surface area contributed by atoms with E-state index in [0.717, 1.165) is 24.0 Å². The Hall–Kier alpha value is -1.57. The number of hydrogen-bond acceptors (Lipinski definition) is 1. The van der Waals surface area contributed by atoms with Gasteiger partial charge in [0.2, 0.25) is 0 Å². The molecule has 0 N–H and O–H groups in total. The SMILES string of the molecule is Cc1cn(CC2CC2)c(-c2ccccc2)n1. The first-order chi connectivity index (χ1) is 7.83. The average Bonchev–Trinajstić information content (AvgIpc) is 3.03. The monoisotopic (exact) mass is 212 g/mol. The Morgan fingerprint density at radius 3 is 2.69 bits per heavy atom. The third-order valence-electron chi connectivity index (χ3n) is 3.08. The third-order valence-corrected chi connectivity index (χ3v) is 3.08. The summed E-state index contributed by atoms with van der Waals surface area (Å²) in [5.74, 6) is 2.00. The van der Waals surface area contributed by atoms with Crippen LogP contribution in [0.4, 0.5) is 0 Å². The minimum atomic E-state index is 0.885. The smallest absolute Gasteiger partial charge is 0.140 e. The summed E-state index contributed by atoms with van der Waals surface area (Å²) >= 11 is 0. The molecule has 0 bridgehead atoms. The van der Waals surface area contributed by atoms with Gasteiger partial charge in [-0.1, -0.05) is 30.3 Å². The van der Waals surface area contributed by atoms with Gasteiger partial charge in [-0.25, -0.2) is 4.98 Å².